The molecule has 6 N–H and O–H groups in total. The molecular weight excluding hydrogens is 156 g/mol. The summed E-state index contributed by atoms with van der Waals surface area (Å²) in [5.74, 6) is 4.64. The van der Waals surface area contributed by atoms with Crippen molar-refractivity contribution in [2.24, 2.45) is 11.6 Å². The fourth-order valence-corrected chi connectivity index (χ4v) is 0.943. The van der Waals surface area contributed by atoms with Crippen molar-refractivity contribution in [3.05, 3.63) is 24.0 Å². The number of nitrogens with two attached hydrogens (primary N) is 2. The second-order valence-electron chi connectivity index (χ2n) is 2.50. The molecule has 5 nitrogen and oxygen atoms in total. The van der Waals surface area contributed by atoms with Crippen LogP contribution < -0.4 is 17.0 Å². The van der Waals surface area contributed by atoms with Crippen molar-refractivity contribution in [2.75, 3.05) is 0 Å². The lowest BCUT2D eigenvalue weighted by Gasteiger charge is -2.07. The van der Waals surface area contributed by atoms with Gasteiger partial charge in [0.2, 0.25) is 5.91 Å². The number of carbonyl (C=O) groups excluding carboxylic acids is 1. The second-order valence-corrected chi connectivity index (χ2v) is 2.50. The molecule has 0 spiro atoms. The smallest absolute Gasteiger partial charge is 0.235 e. The van der Waals surface area contributed by atoms with Gasteiger partial charge in [0.25, 0.3) is 0 Å². The Hall–Kier alpha value is -1.33. The number of rotatable bonds is 3. The van der Waals surface area contributed by atoms with Crippen LogP contribution >= 0.6 is 0 Å². The molecule has 1 aromatic rings. The number of carbonyl (C=O) groups is 1. The lowest BCUT2D eigenvalue weighted by Crippen LogP contribution is -2.32. The van der Waals surface area contributed by atoms with Gasteiger partial charge in [-0.25, -0.2) is 5.84 Å². The highest BCUT2D eigenvalue weighted by Gasteiger charge is 2.10. The van der Waals surface area contributed by atoms with E-state index in [1.807, 2.05) is 17.6 Å². The summed E-state index contributed by atoms with van der Waals surface area (Å²) in [7, 11) is 0. The molecule has 5 heteroatoms. The summed E-state index contributed by atoms with van der Waals surface area (Å²) < 4.78 is 0. The molecule has 0 bridgehead atoms. The van der Waals surface area contributed by atoms with E-state index in [2.05, 4.69) is 4.98 Å². The normalized spacial score (nSPS) is 12.5. The topological polar surface area (TPSA) is 96.9 Å². The first-order chi connectivity index (χ1) is 5.74. The number of hydrazine groups is 1. The standard InChI is InChI=1S/C7H12N4O/c8-5(4-7(12)11-9)6-2-1-3-10-6/h1-3,5,10H,4,8-9H2,(H,11,12). The van der Waals surface area contributed by atoms with E-state index in [1.165, 1.54) is 0 Å². The fraction of sp³-hybridized carbons (Fsp3) is 0.286. The third-order valence-electron chi connectivity index (χ3n) is 1.59. The van der Waals surface area contributed by atoms with E-state index in [0.29, 0.717) is 0 Å². The lowest BCUT2D eigenvalue weighted by molar-refractivity contribution is -0.121. The lowest BCUT2D eigenvalue weighted by atomic mass is 10.1. The number of hydrogen-bond acceptors (Lipinski definition) is 3. The summed E-state index contributed by atoms with van der Waals surface area (Å²) in [5, 5.41) is 0. The molecule has 1 aromatic heterocycles. The zero-order chi connectivity index (χ0) is 8.97. The summed E-state index contributed by atoms with van der Waals surface area (Å²) >= 11 is 0. The molecule has 0 saturated carbocycles. The number of aromatic amines is 1. The van der Waals surface area contributed by atoms with Crippen LogP contribution in [0.25, 0.3) is 0 Å². The monoisotopic (exact) mass is 168 g/mol. The van der Waals surface area contributed by atoms with E-state index in [1.54, 1.807) is 6.20 Å². The van der Waals surface area contributed by atoms with Crippen LogP contribution in [0.3, 0.4) is 0 Å². The highest BCUT2D eigenvalue weighted by atomic mass is 16.2. The number of aromatic nitrogens is 1. The first kappa shape index (κ1) is 8.76. The van der Waals surface area contributed by atoms with Crippen LogP contribution in [0.2, 0.25) is 0 Å². The van der Waals surface area contributed by atoms with Crippen LogP contribution in [0.15, 0.2) is 18.3 Å². The molecule has 1 heterocycles. The fourth-order valence-electron chi connectivity index (χ4n) is 0.943. The van der Waals surface area contributed by atoms with E-state index in [0.717, 1.165) is 5.69 Å². The van der Waals surface area contributed by atoms with Gasteiger partial charge in [0, 0.05) is 18.3 Å². The Labute approximate surface area is 70.1 Å². The van der Waals surface area contributed by atoms with Gasteiger partial charge in [-0.05, 0) is 12.1 Å². The van der Waals surface area contributed by atoms with E-state index >= 15 is 0 Å². The minimum absolute atomic E-state index is 0.191. The number of nitrogens with one attached hydrogen (secondary N) is 2. The molecule has 1 unspecified atom stereocenters. The van der Waals surface area contributed by atoms with Gasteiger partial charge in [0.15, 0.2) is 0 Å². The minimum atomic E-state index is -0.316. The summed E-state index contributed by atoms with van der Waals surface area (Å²) in [6, 6.07) is 3.34. The van der Waals surface area contributed by atoms with E-state index < -0.39 is 0 Å². The van der Waals surface area contributed by atoms with Crippen molar-refractivity contribution in [3.8, 4) is 0 Å². The van der Waals surface area contributed by atoms with Crippen LogP contribution in [0.5, 0.6) is 0 Å². The van der Waals surface area contributed by atoms with Gasteiger partial charge in [0.1, 0.15) is 0 Å². The zero-order valence-corrected chi connectivity index (χ0v) is 6.58. The molecule has 0 aliphatic rings. The first-order valence-corrected chi connectivity index (χ1v) is 3.62. The predicted molar refractivity (Wildman–Crippen MR) is 44.7 cm³/mol. The van der Waals surface area contributed by atoms with Crippen LogP contribution in [0.1, 0.15) is 18.2 Å². The van der Waals surface area contributed by atoms with E-state index in [9.17, 15) is 4.79 Å². The third kappa shape index (κ3) is 2.08. The Kier molecular flexibility index (Phi) is 2.84. The summed E-state index contributed by atoms with van der Waals surface area (Å²) in [4.78, 5) is 13.7. The average molecular weight is 168 g/mol. The molecule has 1 atom stereocenters. The van der Waals surface area contributed by atoms with Crippen molar-refractivity contribution in [1.29, 1.82) is 0 Å². The highest BCUT2D eigenvalue weighted by molar-refractivity contribution is 5.75. The van der Waals surface area contributed by atoms with Gasteiger partial charge < -0.3 is 10.7 Å². The molecule has 0 aromatic carbocycles. The molecule has 1 amide bonds. The van der Waals surface area contributed by atoms with Crippen molar-refractivity contribution in [1.82, 2.24) is 10.4 Å². The van der Waals surface area contributed by atoms with Crippen LogP contribution in [0, 0.1) is 0 Å². The number of H-pyrrole nitrogens is 1. The molecular formula is C7H12N4O. The Morgan fingerprint density at radius 1 is 1.75 bits per heavy atom. The molecule has 0 aliphatic carbocycles. The van der Waals surface area contributed by atoms with Crippen LogP contribution in [-0.2, 0) is 4.79 Å². The second kappa shape index (κ2) is 3.89. The van der Waals surface area contributed by atoms with Crippen LogP contribution in [0.4, 0.5) is 0 Å². The molecule has 12 heavy (non-hydrogen) atoms. The van der Waals surface area contributed by atoms with Crippen molar-refractivity contribution in [2.45, 2.75) is 12.5 Å². The van der Waals surface area contributed by atoms with Crippen molar-refractivity contribution >= 4 is 5.91 Å². The Morgan fingerprint density at radius 3 is 3.00 bits per heavy atom. The molecule has 0 fully saturated rings. The quantitative estimate of drug-likeness (QED) is 0.275. The maximum atomic E-state index is 10.8. The SMILES string of the molecule is NNC(=O)CC(N)c1ccc[nH]1. The Morgan fingerprint density at radius 2 is 2.50 bits per heavy atom. The van der Waals surface area contributed by atoms with Gasteiger partial charge in [-0.1, -0.05) is 0 Å². The summed E-state index contributed by atoms with van der Waals surface area (Å²) in [5.41, 5.74) is 8.53. The van der Waals surface area contributed by atoms with Crippen molar-refractivity contribution < 1.29 is 4.79 Å². The Balaban J connectivity index is 2.49. The molecule has 0 saturated heterocycles. The average Bonchev–Trinajstić information content (AvgIpc) is 2.56. The zero-order valence-electron chi connectivity index (χ0n) is 6.58. The third-order valence-corrected chi connectivity index (χ3v) is 1.59. The van der Waals surface area contributed by atoms with E-state index in [4.69, 9.17) is 11.6 Å². The van der Waals surface area contributed by atoms with Gasteiger partial charge >= 0.3 is 0 Å². The van der Waals surface area contributed by atoms with Gasteiger partial charge in [-0.15, -0.1) is 0 Å². The highest BCUT2D eigenvalue weighted by Crippen LogP contribution is 2.09. The molecule has 66 valence electrons. The number of hydrogen-bond donors (Lipinski definition) is 4. The van der Waals surface area contributed by atoms with Crippen LogP contribution in [-0.4, -0.2) is 10.9 Å². The molecule has 0 aliphatic heterocycles. The Bertz CT molecular complexity index is 244. The number of amides is 1. The first-order valence-electron chi connectivity index (χ1n) is 3.62. The van der Waals surface area contributed by atoms with Gasteiger partial charge in [-0.2, -0.15) is 0 Å². The van der Waals surface area contributed by atoms with Gasteiger partial charge in [0.05, 0.1) is 6.04 Å². The summed E-state index contributed by atoms with van der Waals surface area (Å²) in [6.45, 7) is 0. The van der Waals surface area contributed by atoms with Gasteiger partial charge in [-0.3, -0.25) is 10.2 Å². The molecule has 0 radical (unpaired) electrons. The predicted octanol–water partition coefficient (Wildman–Crippen LogP) is -0.605. The maximum Gasteiger partial charge on any atom is 0.235 e. The maximum absolute atomic E-state index is 10.8. The minimum Gasteiger partial charge on any atom is -0.364 e. The summed E-state index contributed by atoms with van der Waals surface area (Å²) in [6.07, 6.45) is 1.95. The largest absolute Gasteiger partial charge is 0.364 e. The van der Waals surface area contributed by atoms with E-state index in [-0.39, 0.29) is 18.4 Å². The molecule has 1 rings (SSSR count). The van der Waals surface area contributed by atoms with Crippen molar-refractivity contribution in [3.63, 3.8) is 0 Å².